The molecule has 5 heteroatoms. The molecule has 2 rings (SSSR count). The van der Waals surface area contributed by atoms with Crippen molar-refractivity contribution in [3.05, 3.63) is 29.8 Å². The molecule has 0 aliphatic carbocycles. The fourth-order valence-electron chi connectivity index (χ4n) is 2.68. The molecule has 1 aliphatic heterocycles. The highest BCUT2D eigenvalue weighted by atomic mass is 16.2. The molecular weight excluding hydrogens is 264 g/mol. The summed E-state index contributed by atoms with van der Waals surface area (Å²) in [6.45, 7) is 8.15. The Morgan fingerprint density at radius 1 is 1.52 bits per heavy atom. The average Bonchev–Trinajstić information content (AvgIpc) is 2.93. The van der Waals surface area contributed by atoms with Gasteiger partial charge in [-0.15, -0.1) is 0 Å². The summed E-state index contributed by atoms with van der Waals surface area (Å²) in [6.07, 6.45) is 1.16. The maximum atomic E-state index is 11.9. The number of anilines is 1. The van der Waals surface area contributed by atoms with Crippen LogP contribution >= 0.6 is 0 Å². The van der Waals surface area contributed by atoms with Crippen LogP contribution in [0.1, 0.15) is 31.9 Å². The molecule has 1 aromatic carbocycles. The van der Waals surface area contributed by atoms with Crippen molar-refractivity contribution in [1.82, 2.24) is 10.2 Å². The van der Waals surface area contributed by atoms with Gasteiger partial charge in [-0.25, -0.2) is 4.79 Å². The van der Waals surface area contributed by atoms with Gasteiger partial charge in [0.15, 0.2) is 0 Å². The van der Waals surface area contributed by atoms with Crippen LogP contribution in [0.25, 0.3) is 0 Å². The number of rotatable bonds is 5. The zero-order valence-corrected chi connectivity index (χ0v) is 12.9. The number of hydrogen-bond acceptors (Lipinski definition) is 3. The van der Waals surface area contributed by atoms with Gasteiger partial charge in [0.1, 0.15) is 0 Å². The Hall–Kier alpha value is -1.59. The van der Waals surface area contributed by atoms with Gasteiger partial charge < -0.3 is 21.3 Å². The molecule has 2 amide bonds. The third kappa shape index (κ3) is 4.72. The molecule has 1 aliphatic rings. The van der Waals surface area contributed by atoms with E-state index in [4.69, 9.17) is 5.73 Å². The second-order valence-electron chi connectivity index (χ2n) is 5.80. The summed E-state index contributed by atoms with van der Waals surface area (Å²) >= 11 is 0. The van der Waals surface area contributed by atoms with E-state index >= 15 is 0 Å². The van der Waals surface area contributed by atoms with E-state index in [-0.39, 0.29) is 12.1 Å². The molecule has 0 spiro atoms. The van der Waals surface area contributed by atoms with Gasteiger partial charge in [0, 0.05) is 24.8 Å². The summed E-state index contributed by atoms with van der Waals surface area (Å²) < 4.78 is 0. The first-order valence-corrected chi connectivity index (χ1v) is 7.71. The quantitative estimate of drug-likeness (QED) is 0.778. The van der Waals surface area contributed by atoms with E-state index in [2.05, 4.69) is 22.5 Å². The number of amides is 2. The van der Waals surface area contributed by atoms with Crippen LogP contribution < -0.4 is 16.4 Å². The van der Waals surface area contributed by atoms with Gasteiger partial charge in [-0.3, -0.25) is 0 Å². The number of carbonyl (C=O) groups excluding carboxylic acids is 1. The molecule has 1 fully saturated rings. The van der Waals surface area contributed by atoms with Crippen LogP contribution in [0, 0.1) is 5.92 Å². The largest absolute Gasteiger partial charge is 0.338 e. The van der Waals surface area contributed by atoms with Crippen LogP contribution in [-0.4, -0.2) is 37.1 Å². The topological polar surface area (TPSA) is 70.4 Å². The maximum Gasteiger partial charge on any atom is 0.319 e. The second kappa shape index (κ2) is 7.43. The number of likely N-dealkylation sites (tertiary alicyclic amines) is 1. The van der Waals surface area contributed by atoms with Crippen LogP contribution in [0.3, 0.4) is 0 Å². The summed E-state index contributed by atoms with van der Waals surface area (Å²) in [4.78, 5) is 14.3. The Bertz CT molecular complexity index is 475. The van der Waals surface area contributed by atoms with Crippen LogP contribution in [0.15, 0.2) is 24.3 Å². The lowest BCUT2D eigenvalue weighted by molar-refractivity contribution is 0.250. The highest BCUT2D eigenvalue weighted by molar-refractivity contribution is 5.89. The molecule has 0 bridgehead atoms. The van der Waals surface area contributed by atoms with Crippen molar-refractivity contribution in [1.29, 1.82) is 0 Å². The smallest absolute Gasteiger partial charge is 0.319 e. The molecule has 1 saturated heterocycles. The van der Waals surface area contributed by atoms with Crippen molar-refractivity contribution >= 4 is 11.7 Å². The van der Waals surface area contributed by atoms with E-state index in [1.54, 1.807) is 0 Å². The Balaban J connectivity index is 1.78. The molecular formula is C16H26N4O. The second-order valence-corrected chi connectivity index (χ2v) is 5.80. The first kappa shape index (κ1) is 15.8. The van der Waals surface area contributed by atoms with Gasteiger partial charge >= 0.3 is 6.03 Å². The van der Waals surface area contributed by atoms with Crippen LogP contribution in [0.2, 0.25) is 0 Å². The van der Waals surface area contributed by atoms with Gasteiger partial charge in [-0.2, -0.15) is 0 Å². The molecule has 0 saturated carbocycles. The number of nitrogens with two attached hydrogens (primary N) is 1. The first-order valence-electron chi connectivity index (χ1n) is 7.71. The molecule has 0 aromatic heterocycles. The maximum absolute atomic E-state index is 11.9. The Morgan fingerprint density at radius 3 is 3.00 bits per heavy atom. The number of hydrogen-bond donors (Lipinski definition) is 3. The van der Waals surface area contributed by atoms with E-state index in [0.717, 1.165) is 43.9 Å². The van der Waals surface area contributed by atoms with Crippen LogP contribution in [0.5, 0.6) is 0 Å². The monoisotopic (exact) mass is 290 g/mol. The lowest BCUT2D eigenvalue weighted by Gasteiger charge is -2.14. The van der Waals surface area contributed by atoms with Gasteiger partial charge in [-0.1, -0.05) is 19.1 Å². The van der Waals surface area contributed by atoms with Crippen molar-refractivity contribution in [3.63, 3.8) is 0 Å². The van der Waals surface area contributed by atoms with Crippen molar-refractivity contribution in [3.8, 4) is 0 Å². The summed E-state index contributed by atoms with van der Waals surface area (Å²) in [5.74, 6) is 0.561. The van der Waals surface area contributed by atoms with E-state index < -0.39 is 0 Å². The SMILES string of the molecule is CCN1CCC(CNC(=O)Nc2cccc(C(C)N)c2)C1. The number of carbonyl (C=O) groups is 1. The summed E-state index contributed by atoms with van der Waals surface area (Å²) in [7, 11) is 0. The summed E-state index contributed by atoms with van der Waals surface area (Å²) in [6, 6.07) is 7.48. The van der Waals surface area contributed by atoms with Gasteiger partial charge in [-0.05, 0) is 50.0 Å². The van der Waals surface area contributed by atoms with Crippen molar-refractivity contribution in [2.75, 3.05) is 31.5 Å². The highest BCUT2D eigenvalue weighted by Gasteiger charge is 2.21. The first-order chi connectivity index (χ1) is 10.1. The standard InChI is InChI=1S/C16H26N4O/c1-3-20-8-7-13(11-20)10-18-16(21)19-15-6-4-5-14(9-15)12(2)17/h4-6,9,12-13H,3,7-8,10-11,17H2,1-2H3,(H2,18,19,21). The lowest BCUT2D eigenvalue weighted by Crippen LogP contribution is -2.34. The van der Waals surface area contributed by atoms with Crippen molar-refractivity contribution < 1.29 is 4.79 Å². The third-order valence-electron chi connectivity index (χ3n) is 4.04. The zero-order chi connectivity index (χ0) is 15.2. The molecule has 116 valence electrons. The van der Waals surface area contributed by atoms with E-state index in [1.807, 2.05) is 31.2 Å². The fraction of sp³-hybridized carbons (Fsp3) is 0.562. The molecule has 0 radical (unpaired) electrons. The number of benzene rings is 1. The Morgan fingerprint density at radius 2 is 2.33 bits per heavy atom. The molecule has 21 heavy (non-hydrogen) atoms. The Kier molecular flexibility index (Phi) is 5.59. The minimum atomic E-state index is -0.147. The number of urea groups is 1. The van der Waals surface area contributed by atoms with E-state index in [1.165, 1.54) is 0 Å². The number of nitrogens with zero attached hydrogens (tertiary/aromatic N) is 1. The summed E-state index contributed by atoms with van der Waals surface area (Å²) in [5, 5.41) is 5.83. The predicted octanol–water partition coefficient (Wildman–Crippen LogP) is 2.17. The molecule has 5 nitrogen and oxygen atoms in total. The molecule has 4 N–H and O–H groups in total. The molecule has 1 aromatic rings. The molecule has 2 unspecified atom stereocenters. The minimum Gasteiger partial charge on any atom is -0.338 e. The normalized spacial score (nSPS) is 20.2. The highest BCUT2D eigenvalue weighted by Crippen LogP contribution is 2.16. The molecule has 2 atom stereocenters. The average molecular weight is 290 g/mol. The van der Waals surface area contributed by atoms with Gasteiger partial charge in [0.25, 0.3) is 0 Å². The number of nitrogens with one attached hydrogen (secondary N) is 2. The van der Waals surface area contributed by atoms with Gasteiger partial charge in [0.05, 0.1) is 0 Å². The summed E-state index contributed by atoms with van der Waals surface area (Å²) in [5.41, 5.74) is 7.65. The van der Waals surface area contributed by atoms with Crippen molar-refractivity contribution in [2.45, 2.75) is 26.3 Å². The van der Waals surface area contributed by atoms with Crippen molar-refractivity contribution in [2.24, 2.45) is 11.7 Å². The van der Waals surface area contributed by atoms with Crippen LogP contribution in [0.4, 0.5) is 10.5 Å². The zero-order valence-electron chi connectivity index (χ0n) is 12.9. The van der Waals surface area contributed by atoms with E-state index in [9.17, 15) is 4.79 Å². The fourth-order valence-corrected chi connectivity index (χ4v) is 2.68. The lowest BCUT2D eigenvalue weighted by atomic mass is 10.1. The van der Waals surface area contributed by atoms with Crippen LogP contribution in [-0.2, 0) is 0 Å². The Labute approximate surface area is 126 Å². The molecule has 1 heterocycles. The predicted molar refractivity (Wildman–Crippen MR) is 86.3 cm³/mol. The minimum absolute atomic E-state index is 0.0340. The van der Waals surface area contributed by atoms with E-state index in [0.29, 0.717) is 5.92 Å². The third-order valence-corrected chi connectivity index (χ3v) is 4.04. The van der Waals surface area contributed by atoms with Gasteiger partial charge in [0.2, 0.25) is 0 Å².